The number of aromatic nitrogens is 1. The zero-order chi connectivity index (χ0) is 14.5. The average molecular weight is 272 g/mol. The largest absolute Gasteiger partial charge is 0.496 e. The van der Waals surface area contributed by atoms with Gasteiger partial charge in [0.15, 0.2) is 0 Å². The summed E-state index contributed by atoms with van der Waals surface area (Å²) in [7, 11) is 3.62. The first-order valence-corrected chi connectivity index (χ1v) is 6.58. The van der Waals surface area contributed by atoms with E-state index in [0.717, 1.165) is 17.8 Å². The minimum Gasteiger partial charge on any atom is -0.496 e. The zero-order valence-electron chi connectivity index (χ0n) is 12.1. The van der Waals surface area contributed by atoms with Crippen LogP contribution in [0.1, 0.15) is 24.2 Å². The van der Waals surface area contributed by atoms with Crippen LogP contribution in [0.4, 0.5) is 5.69 Å². The van der Waals surface area contributed by atoms with Gasteiger partial charge in [0.25, 0.3) is 0 Å². The van der Waals surface area contributed by atoms with Gasteiger partial charge in [-0.15, -0.1) is 0 Å². The normalized spacial score (nSPS) is 12.0. The van der Waals surface area contributed by atoms with Crippen LogP contribution in [-0.4, -0.2) is 24.2 Å². The van der Waals surface area contributed by atoms with Crippen LogP contribution in [-0.2, 0) is 6.54 Å². The molecular formula is C16H20N2O2. The Morgan fingerprint density at radius 2 is 1.95 bits per heavy atom. The quantitative estimate of drug-likeness (QED) is 0.909. The average Bonchev–Trinajstić information content (AvgIpc) is 2.47. The predicted molar refractivity (Wildman–Crippen MR) is 80.0 cm³/mol. The van der Waals surface area contributed by atoms with E-state index in [1.807, 2.05) is 37.4 Å². The highest BCUT2D eigenvalue weighted by Crippen LogP contribution is 2.34. The summed E-state index contributed by atoms with van der Waals surface area (Å²) in [5, 5.41) is 10.0. The minimum absolute atomic E-state index is 0.582. The topological polar surface area (TPSA) is 45.6 Å². The number of methoxy groups -OCH3 is 1. The molecule has 0 amide bonds. The highest BCUT2D eigenvalue weighted by atomic mass is 16.5. The van der Waals surface area contributed by atoms with Gasteiger partial charge in [0.05, 0.1) is 13.2 Å². The molecule has 0 aliphatic rings. The Hall–Kier alpha value is -2.07. The summed E-state index contributed by atoms with van der Waals surface area (Å²) in [6.07, 6.45) is 2.98. The summed E-state index contributed by atoms with van der Waals surface area (Å²) in [6.45, 7) is 2.50. The van der Waals surface area contributed by atoms with E-state index in [1.54, 1.807) is 26.4 Å². The van der Waals surface area contributed by atoms with Crippen molar-refractivity contribution in [3.8, 4) is 5.75 Å². The van der Waals surface area contributed by atoms with Crippen LogP contribution in [0.3, 0.4) is 0 Å². The number of benzene rings is 1. The van der Waals surface area contributed by atoms with Crippen molar-refractivity contribution in [1.29, 1.82) is 0 Å². The fourth-order valence-corrected chi connectivity index (χ4v) is 2.31. The first-order chi connectivity index (χ1) is 9.63. The van der Waals surface area contributed by atoms with Crippen LogP contribution in [0.5, 0.6) is 5.75 Å². The molecule has 0 aliphatic heterocycles. The second-order valence-corrected chi connectivity index (χ2v) is 4.78. The van der Waals surface area contributed by atoms with Crippen LogP contribution in [0.25, 0.3) is 0 Å². The molecule has 20 heavy (non-hydrogen) atoms. The number of hydrogen-bond acceptors (Lipinski definition) is 4. The van der Waals surface area contributed by atoms with E-state index in [9.17, 15) is 5.11 Å². The first kappa shape index (κ1) is 14.3. The van der Waals surface area contributed by atoms with Crippen molar-refractivity contribution in [2.45, 2.75) is 19.6 Å². The molecule has 106 valence electrons. The predicted octanol–water partition coefficient (Wildman–Crippen LogP) is 2.78. The number of pyridine rings is 1. The molecule has 0 aliphatic carbocycles. The summed E-state index contributed by atoms with van der Waals surface area (Å²) < 4.78 is 5.35. The maximum Gasteiger partial charge on any atom is 0.126 e. The Labute approximate surface area is 119 Å². The van der Waals surface area contributed by atoms with Crippen LogP contribution in [0, 0.1) is 0 Å². The Bertz CT molecular complexity index is 556. The standard InChI is InChI=1S/C16H20N2O2/c1-12(19)16-14(5-4-6-15(16)20-3)18(2)11-13-7-9-17-10-8-13/h4-10,12,19H,11H2,1-3H3. The monoisotopic (exact) mass is 272 g/mol. The maximum atomic E-state index is 10.0. The molecule has 2 rings (SSSR count). The molecule has 0 spiro atoms. The van der Waals surface area contributed by atoms with E-state index in [0.29, 0.717) is 5.75 Å². The maximum absolute atomic E-state index is 10.0. The molecule has 4 nitrogen and oxygen atoms in total. The molecular weight excluding hydrogens is 252 g/mol. The second-order valence-electron chi connectivity index (χ2n) is 4.78. The number of anilines is 1. The van der Waals surface area contributed by atoms with Crippen molar-refractivity contribution in [1.82, 2.24) is 4.98 Å². The first-order valence-electron chi connectivity index (χ1n) is 6.58. The highest BCUT2D eigenvalue weighted by molar-refractivity contribution is 5.60. The van der Waals surface area contributed by atoms with Crippen molar-refractivity contribution in [3.05, 3.63) is 53.9 Å². The van der Waals surface area contributed by atoms with E-state index in [-0.39, 0.29) is 0 Å². The van der Waals surface area contributed by atoms with Gasteiger partial charge < -0.3 is 14.7 Å². The SMILES string of the molecule is COc1cccc(N(C)Cc2ccncc2)c1C(C)O. The Balaban J connectivity index is 2.32. The van der Waals surface area contributed by atoms with E-state index < -0.39 is 6.10 Å². The molecule has 1 aromatic carbocycles. The van der Waals surface area contributed by atoms with Gasteiger partial charge in [0.2, 0.25) is 0 Å². The van der Waals surface area contributed by atoms with Crippen LogP contribution in [0.15, 0.2) is 42.7 Å². The lowest BCUT2D eigenvalue weighted by Crippen LogP contribution is -2.19. The van der Waals surface area contributed by atoms with Crippen LogP contribution < -0.4 is 9.64 Å². The van der Waals surface area contributed by atoms with Gasteiger partial charge in [0.1, 0.15) is 5.75 Å². The molecule has 0 radical (unpaired) electrons. The summed E-state index contributed by atoms with van der Waals surface area (Å²) in [5.74, 6) is 0.707. The Morgan fingerprint density at radius 3 is 2.55 bits per heavy atom. The molecule has 1 heterocycles. The van der Waals surface area contributed by atoms with Gasteiger partial charge in [-0.25, -0.2) is 0 Å². The van der Waals surface area contributed by atoms with Crippen molar-refractivity contribution in [2.24, 2.45) is 0 Å². The smallest absolute Gasteiger partial charge is 0.126 e. The third kappa shape index (κ3) is 3.08. The lowest BCUT2D eigenvalue weighted by Gasteiger charge is -2.25. The molecule has 0 saturated heterocycles. The van der Waals surface area contributed by atoms with Crippen molar-refractivity contribution in [2.75, 3.05) is 19.1 Å². The summed E-state index contributed by atoms with van der Waals surface area (Å²) in [6, 6.07) is 9.76. The molecule has 0 fully saturated rings. The van der Waals surface area contributed by atoms with Gasteiger partial charge in [-0.2, -0.15) is 0 Å². The van der Waals surface area contributed by atoms with Crippen LogP contribution in [0.2, 0.25) is 0 Å². The summed E-state index contributed by atoms with van der Waals surface area (Å²) >= 11 is 0. The number of nitrogens with zero attached hydrogens (tertiary/aromatic N) is 2. The number of aliphatic hydroxyl groups is 1. The van der Waals surface area contributed by atoms with E-state index in [4.69, 9.17) is 4.74 Å². The molecule has 0 saturated carbocycles. The number of hydrogen-bond donors (Lipinski definition) is 1. The third-order valence-electron chi connectivity index (χ3n) is 3.26. The Kier molecular flexibility index (Phi) is 4.58. The molecule has 1 aromatic heterocycles. The number of rotatable bonds is 5. The van der Waals surface area contributed by atoms with E-state index in [2.05, 4.69) is 9.88 Å². The Morgan fingerprint density at radius 1 is 1.25 bits per heavy atom. The van der Waals surface area contributed by atoms with Gasteiger partial charge in [-0.05, 0) is 36.8 Å². The summed E-state index contributed by atoms with van der Waals surface area (Å²) in [4.78, 5) is 6.12. The van der Waals surface area contributed by atoms with Gasteiger partial charge >= 0.3 is 0 Å². The van der Waals surface area contributed by atoms with Gasteiger partial charge in [-0.1, -0.05) is 6.07 Å². The van der Waals surface area contributed by atoms with Crippen molar-refractivity contribution < 1.29 is 9.84 Å². The van der Waals surface area contributed by atoms with Crippen LogP contribution >= 0.6 is 0 Å². The molecule has 1 unspecified atom stereocenters. The molecule has 2 aromatic rings. The third-order valence-corrected chi connectivity index (χ3v) is 3.26. The molecule has 1 atom stereocenters. The van der Waals surface area contributed by atoms with E-state index >= 15 is 0 Å². The number of aliphatic hydroxyl groups excluding tert-OH is 1. The fraction of sp³-hybridized carbons (Fsp3) is 0.312. The molecule has 0 bridgehead atoms. The van der Waals surface area contributed by atoms with Gasteiger partial charge in [-0.3, -0.25) is 4.98 Å². The van der Waals surface area contributed by atoms with Crippen molar-refractivity contribution in [3.63, 3.8) is 0 Å². The highest BCUT2D eigenvalue weighted by Gasteiger charge is 2.16. The van der Waals surface area contributed by atoms with Gasteiger partial charge in [0, 0.05) is 37.2 Å². The van der Waals surface area contributed by atoms with E-state index in [1.165, 1.54) is 5.56 Å². The lowest BCUT2D eigenvalue weighted by molar-refractivity contribution is 0.194. The summed E-state index contributed by atoms with van der Waals surface area (Å²) in [5.41, 5.74) is 2.95. The molecule has 4 heteroatoms. The number of ether oxygens (including phenoxy) is 1. The zero-order valence-corrected chi connectivity index (χ0v) is 12.1. The lowest BCUT2D eigenvalue weighted by atomic mass is 10.1. The minimum atomic E-state index is -0.582. The fourth-order valence-electron chi connectivity index (χ4n) is 2.31. The van der Waals surface area contributed by atoms with Crippen molar-refractivity contribution >= 4 is 5.69 Å². The second kappa shape index (κ2) is 6.39. The molecule has 1 N–H and O–H groups in total.